The summed E-state index contributed by atoms with van der Waals surface area (Å²) in [6.07, 6.45) is 8.18. The fraction of sp³-hybridized carbons (Fsp3) is 0.652. The highest BCUT2D eigenvalue weighted by atomic mass is 16.5. The van der Waals surface area contributed by atoms with Crippen LogP contribution in [0, 0.1) is 30.1 Å². The van der Waals surface area contributed by atoms with Gasteiger partial charge in [-0.1, -0.05) is 24.3 Å². The minimum absolute atomic E-state index is 0.161. The minimum atomic E-state index is -0.345. The lowest BCUT2D eigenvalue weighted by Gasteiger charge is -2.59. The summed E-state index contributed by atoms with van der Waals surface area (Å²) in [5.41, 5.74) is 2.29. The maximum Gasteiger partial charge on any atom is 0.310 e. The van der Waals surface area contributed by atoms with E-state index in [1.807, 2.05) is 31.2 Å². The van der Waals surface area contributed by atoms with Crippen LogP contribution in [0.15, 0.2) is 24.3 Å². The zero-order chi connectivity index (χ0) is 19.0. The number of amides is 1. The van der Waals surface area contributed by atoms with Crippen LogP contribution in [-0.2, 0) is 20.7 Å². The van der Waals surface area contributed by atoms with Gasteiger partial charge in [0.1, 0.15) is 0 Å². The number of carbonyl (C=O) groups excluding carboxylic acids is 2. The molecule has 4 heteroatoms. The lowest BCUT2D eigenvalue weighted by atomic mass is 9.48. The molecule has 5 rings (SSSR count). The number of hydrogen-bond donors (Lipinski definition) is 1. The second-order valence-corrected chi connectivity index (χ2v) is 9.33. The highest BCUT2D eigenvalue weighted by Crippen LogP contribution is 2.61. The van der Waals surface area contributed by atoms with Gasteiger partial charge in [0.25, 0.3) is 5.91 Å². The number of aryl methyl sites for hydroxylation is 1. The molecule has 0 unspecified atom stereocenters. The number of esters is 1. The van der Waals surface area contributed by atoms with Crippen LogP contribution >= 0.6 is 0 Å². The number of benzene rings is 1. The van der Waals surface area contributed by atoms with Gasteiger partial charge in [-0.25, -0.2) is 0 Å². The molecule has 1 N–H and O–H groups in total. The third kappa shape index (κ3) is 3.90. The molecule has 4 nitrogen and oxygen atoms in total. The molecule has 27 heavy (non-hydrogen) atoms. The Morgan fingerprint density at radius 2 is 1.70 bits per heavy atom. The number of rotatable bonds is 6. The summed E-state index contributed by atoms with van der Waals surface area (Å²) in [4.78, 5) is 24.5. The summed E-state index contributed by atoms with van der Waals surface area (Å²) in [7, 11) is 0. The van der Waals surface area contributed by atoms with Gasteiger partial charge in [-0.05, 0) is 86.7 Å². The first kappa shape index (κ1) is 18.5. The van der Waals surface area contributed by atoms with Gasteiger partial charge in [0.15, 0.2) is 6.61 Å². The van der Waals surface area contributed by atoms with Gasteiger partial charge in [-0.2, -0.15) is 0 Å². The summed E-state index contributed by atoms with van der Waals surface area (Å²) in [5.74, 6) is 2.07. The van der Waals surface area contributed by atoms with Gasteiger partial charge in [0, 0.05) is 6.04 Å². The normalized spacial score (nSPS) is 32.1. The lowest BCUT2D eigenvalue weighted by Crippen LogP contribution is -2.56. The van der Waals surface area contributed by atoms with E-state index < -0.39 is 0 Å². The molecule has 1 atom stereocenters. The molecule has 4 bridgehead atoms. The van der Waals surface area contributed by atoms with Crippen LogP contribution in [0.1, 0.15) is 56.6 Å². The van der Waals surface area contributed by atoms with Crippen LogP contribution in [0.25, 0.3) is 0 Å². The monoisotopic (exact) mass is 369 g/mol. The highest BCUT2D eigenvalue weighted by molar-refractivity contribution is 5.81. The summed E-state index contributed by atoms with van der Waals surface area (Å²) < 4.78 is 5.23. The topological polar surface area (TPSA) is 55.4 Å². The zero-order valence-electron chi connectivity index (χ0n) is 16.5. The van der Waals surface area contributed by atoms with E-state index in [-0.39, 0.29) is 36.4 Å². The average molecular weight is 370 g/mol. The van der Waals surface area contributed by atoms with E-state index in [2.05, 4.69) is 12.2 Å². The highest BCUT2D eigenvalue weighted by Gasteiger charge is 2.53. The average Bonchev–Trinajstić information content (AvgIpc) is 2.61. The Labute approximate surface area is 162 Å². The molecule has 4 fully saturated rings. The fourth-order valence-corrected chi connectivity index (χ4v) is 6.31. The molecular weight excluding hydrogens is 338 g/mol. The smallest absolute Gasteiger partial charge is 0.310 e. The Balaban J connectivity index is 1.27. The standard InChI is InChI=1S/C23H31NO3/c1-15-5-3-4-6-20(15)10-22(26)27-14-21(25)24-16(2)23-11-17-7-18(12-23)9-19(8-17)13-23/h3-6,16-19H,7-14H2,1-2H3,(H,24,25)/t16-,17?,18?,19?,23?/m0/s1. The first-order valence-electron chi connectivity index (χ1n) is 10.4. The number of carbonyl (C=O) groups is 2. The number of hydrogen-bond acceptors (Lipinski definition) is 3. The summed E-state index contributed by atoms with van der Waals surface area (Å²) in [5, 5.41) is 3.15. The molecule has 0 spiro atoms. The largest absolute Gasteiger partial charge is 0.455 e. The molecule has 0 aliphatic heterocycles. The van der Waals surface area contributed by atoms with E-state index in [1.165, 1.54) is 38.5 Å². The lowest BCUT2D eigenvalue weighted by molar-refractivity contribution is -0.148. The van der Waals surface area contributed by atoms with Gasteiger partial charge < -0.3 is 10.1 Å². The molecule has 4 saturated carbocycles. The maximum absolute atomic E-state index is 12.4. The molecule has 4 aliphatic rings. The van der Waals surface area contributed by atoms with Gasteiger partial charge >= 0.3 is 5.97 Å². The summed E-state index contributed by atoms with van der Waals surface area (Å²) >= 11 is 0. The molecule has 1 amide bonds. The van der Waals surface area contributed by atoms with Crippen molar-refractivity contribution in [3.05, 3.63) is 35.4 Å². The van der Waals surface area contributed by atoms with E-state index in [1.54, 1.807) is 0 Å². The van der Waals surface area contributed by atoms with Crippen molar-refractivity contribution in [2.45, 2.75) is 64.8 Å². The Morgan fingerprint density at radius 3 is 2.30 bits per heavy atom. The molecule has 0 aromatic heterocycles. The van der Waals surface area contributed by atoms with Crippen LogP contribution in [-0.4, -0.2) is 24.5 Å². The van der Waals surface area contributed by atoms with E-state index in [0.717, 1.165) is 28.9 Å². The molecule has 0 heterocycles. The van der Waals surface area contributed by atoms with Gasteiger partial charge in [-0.15, -0.1) is 0 Å². The zero-order valence-corrected chi connectivity index (χ0v) is 16.5. The van der Waals surface area contributed by atoms with Crippen molar-refractivity contribution >= 4 is 11.9 Å². The summed E-state index contributed by atoms with van der Waals surface area (Å²) in [6.45, 7) is 3.95. The quantitative estimate of drug-likeness (QED) is 0.776. The first-order valence-corrected chi connectivity index (χ1v) is 10.4. The van der Waals surface area contributed by atoms with Crippen molar-refractivity contribution in [1.29, 1.82) is 0 Å². The Hall–Kier alpha value is -1.84. The third-order valence-corrected chi connectivity index (χ3v) is 7.34. The van der Waals surface area contributed by atoms with Crippen LogP contribution in [0.3, 0.4) is 0 Å². The Kier molecular flexibility index (Phi) is 5.00. The number of ether oxygens (including phenoxy) is 1. The Bertz CT molecular complexity index is 691. The van der Waals surface area contributed by atoms with Crippen LogP contribution in [0.5, 0.6) is 0 Å². The van der Waals surface area contributed by atoms with Crippen LogP contribution < -0.4 is 5.32 Å². The SMILES string of the molecule is Cc1ccccc1CC(=O)OCC(=O)N[C@@H](C)C12CC3CC(CC(C3)C1)C2. The van der Waals surface area contributed by atoms with Crippen molar-refractivity contribution in [2.24, 2.45) is 23.2 Å². The van der Waals surface area contributed by atoms with Crippen LogP contribution in [0.2, 0.25) is 0 Å². The van der Waals surface area contributed by atoms with Gasteiger partial charge in [-0.3, -0.25) is 9.59 Å². The molecule has 4 aliphatic carbocycles. The second kappa shape index (κ2) is 7.29. The first-order chi connectivity index (χ1) is 12.9. The van der Waals surface area contributed by atoms with Crippen molar-refractivity contribution in [3.8, 4) is 0 Å². The minimum Gasteiger partial charge on any atom is -0.455 e. The fourth-order valence-electron chi connectivity index (χ4n) is 6.31. The predicted octanol–water partition coefficient (Wildman–Crippen LogP) is 3.80. The van der Waals surface area contributed by atoms with E-state index in [0.29, 0.717) is 0 Å². The van der Waals surface area contributed by atoms with E-state index >= 15 is 0 Å². The molecule has 1 aromatic rings. The van der Waals surface area contributed by atoms with Crippen molar-refractivity contribution in [1.82, 2.24) is 5.32 Å². The molecule has 0 saturated heterocycles. The maximum atomic E-state index is 12.4. The van der Waals surface area contributed by atoms with Crippen LogP contribution in [0.4, 0.5) is 0 Å². The van der Waals surface area contributed by atoms with Crippen molar-refractivity contribution in [2.75, 3.05) is 6.61 Å². The third-order valence-electron chi connectivity index (χ3n) is 7.34. The Morgan fingerprint density at radius 1 is 1.11 bits per heavy atom. The summed E-state index contributed by atoms with van der Waals surface area (Å²) in [6, 6.07) is 7.92. The second-order valence-electron chi connectivity index (χ2n) is 9.33. The number of nitrogens with one attached hydrogen (secondary N) is 1. The molecule has 146 valence electrons. The van der Waals surface area contributed by atoms with Crippen molar-refractivity contribution < 1.29 is 14.3 Å². The van der Waals surface area contributed by atoms with Gasteiger partial charge in [0.2, 0.25) is 0 Å². The van der Waals surface area contributed by atoms with E-state index in [9.17, 15) is 9.59 Å². The van der Waals surface area contributed by atoms with Gasteiger partial charge in [0.05, 0.1) is 6.42 Å². The molecule has 1 aromatic carbocycles. The molecular formula is C23H31NO3. The molecule has 0 radical (unpaired) electrons. The van der Waals surface area contributed by atoms with E-state index in [4.69, 9.17) is 4.74 Å². The predicted molar refractivity (Wildman–Crippen MR) is 104 cm³/mol. The van der Waals surface area contributed by atoms with Crippen molar-refractivity contribution in [3.63, 3.8) is 0 Å².